The number of aryl methyl sites for hydroxylation is 1. The Morgan fingerprint density at radius 3 is 2.79 bits per heavy atom. The molecule has 0 aromatic heterocycles. The highest BCUT2D eigenvalue weighted by Gasteiger charge is 2.28. The van der Waals surface area contributed by atoms with Crippen LogP contribution in [0.3, 0.4) is 0 Å². The molecule has 1 atom stereocenters. The molecule has 1 aromatic rings. The van der Waals surface area contributed by atoms with Crippen molar-refractivity contribution in [3.63, 3.8) is 0 Å². The van der Waals surface area contributed by atoms with Gasteiger partial charge in [0.25, 0.3) is 0 Å². The zero-order valence-electron chi connectivity index (χ0n) is 11.6. The Hall–Kier alpha value is -1.55. The minimum absolute atomic E-state index is 0.0949. The predicted molar refractivity (Wildman–Crippen MR) is 75.3 cm³/mol. The molecule has 1 amide bonds. The van der Waals surface area contributed by atoms with Crippen LogP contribution >= 0.6 is 0 Å². The Kier molecular flexibility index (Phi) is 4.43. The van der Waals surface area contributed by atoms with Crippen LogP contribution in [0.15, 0.2) is 18.2 Å². The molecule has 0 spiro atoms. The van der Waals surface area contributed by atoms with Crippen LogP contribution in [0.1, 0.15) is 36.3 Å². The summed E-state index contributed by atoms with van der Waals surface area (Å²) in [6.07, 6.45) is 2.87. The van der Waals surface area contributed by atoms with E-state index >= 15 is 0 Å². The zero-order chi connectivity index (χ0) is 13.8. The topological polar surface area (TPSA) is 64.3 Å². The number of rotatable bonds is 6. The van der Waals surface area contributed by atoms with Gasteiger partial charge < -0.3 is 15.8 Å². The predicted octanol–water partition coefficient (Wildman–Crippen LogP) is 1.71. The van der Waals surface area contributed by atoms with Crippen LogP contribution in [-0.2, 0) is 4.79 Å². The third kappa shape index (κ3) is 3.47. The van der Waals surface area contributed by atoms with Gasteiger partial charge in [0, 0.05) is 6.04 Å². The van der Waals surface area contributed by atoms with E-state index in [4.69, 9.17) is 10.5 Å². The van der Waals surface area contributed by atoms with Gasteiger partial charge in [-0.3, -0.25) is 4.79 Å². The molecule has 4 nitrogen and oxygen atoms in total. The molecule has 0 bridgehead atoms. The summed E-state index contributed by atoms with van der Waals surface area (Å²) in [7, 11) is 1.65. The number of benzene rings is 1. The molecule has 1 unspecified atom stereocenters. The summed E-state index contributed by atoms with van der Waals surface area (Å²) in [6, 6.07) is 6.27. The lowest BCUT2D eigenvalue weighted by Gasteiger charge is -2.17. The van der Waals surface area contributed by atoms with Crippen molar-refractivity contribution in [3.8, 4) is 5.75 Å². The molecule has 1 fully saturated rings. The van der Waals surface area contributed by atoms with Gasteiger partial charge in [-0.2, -0.15) is 0 Å². The van der Waals surface area contributed by atoms with Gasteiger partial charge in [-0.15, -0.1) is 0 Å². The maximum atomic E-state index is 12.3. The molecule has 3 N–H and O–H groups in total. The quantitative estimate of drug-likeness (QED) is 0.820. The molecule has 2 rings (SSSR count). The van der Waals surface area contributed by atoms with E-state index in [1.54, 1.807) is 7.11 Å². The van der Waals surface area contributed by atoms with Gasteiger partial charge >= 0.3 is 0 Å². The minimum atomic E-state index is -0.157. The van der Waals surface area contributed by atoms with Crippen LogP contribution in [-0.4, -0.2) is 25.6 Å². The second-order valence-electron chi connectivity index (χ2n) is 5.14. The molecule has 1 aromatic carbocycles. The van der Waals surface area contributed by atoms with Crippen molar-refractivity contribution in [2.45, 2.75) is 38.1 Å². The van der Waals surface area contributed by atoms with E-state index in [2.05, 4.69) is 5.32 Å². The first kappa shape index (κ1) is 13.9. The van der Waals surface area contributed by atoms with E-state index in [0.717, 1.165) is 29.7 Å². The number of methoxy groups -OCH3 is 1. The van der Waals surface area contributed by atoms with Crippen molar-refractivity contribution in [3.05, 3.63) is 29.3 Å². The van der Waals surface area contributed by atoms with Gasteiger partial charge in [-0.05, 0) is 49.9 Å². The number of nitrogens with two attached hydrogens (primary N) is 1. The Morgan fingerprint density at radius 1 is 1.53 bits per heavy atom. The highest BCUT2D eigenvalue weighted by Crippen LogP contribution is 2.27. The zero-order valence-corrected chi connectivity index (χ0v) is 11.6. The van der Waals surface area contributed by atoms with Crippen molar-refractivity contribution < 1.29 is 9.53 Å². The van der Waals surface area contributed by atoms with Crippen LogP contribution in [0, 0.1) is 6.92 Å². The smallest absolute Gasteiger partial charge is 0.227 e. The average Bonchev–Trinajstić information content (AvgIpc) is 3.19. The summed E-state index contributed by atoms with van der Waals surface area (Å²) in [5, 5.41) is 3.06. The standard InChI is InChI=1S/C15H22N2O2/c1-10-9-11(3-6-14(10)19-2)13(7-8-16)15(18)17-12-4-5-12/h3,6,9,12-13H,4-5,7-8,16H2,1-2H3,(H,17,18). The Labute approximate surface area is 114 Å². The van der Waals surface area contributed by atoms with Gasteiger partial charge in [-0.1, -0.05) is 12.1 Å². The van der Waals surface area contributed by atoms with Crippen molar-refractivity contribution in [1.82, 2.24) is 5.32 Å². The van der Waals surface area contributed by atoms with E-state index in [1.807, 2.05) is 25.1 Å². The van der Waals surface area contributed by atoms with Crippen LogP contribution in [0.4, 0.5) is 0 Å². The van der Waals surface area contributed by atoms with Gasteiger partial charge in [-0.25, -0.2) is 0 Å². The third-order valence-electron chi connectivity index (χ3n) is 3.52. The fourth-order valence-corrected chi connectivity index (χ4v) is 2.26. The second-order valence-corrected chi connectivity index (χ2v) is 5.14. The van der Waals surface area contributed by atoms with Crippen molar-refractivity contribution >= 4 is 5.91 Å². The van der Waals surface area contributed by atoms with E-state index in [-0.39, 0.29) is 11.8 Å². The number of carbonyl (C=O) groups excluding carboxylic acids is 1. The highest BCUT2D eigenvalue weighted by atomic mass is 16.5. The minimum Gasteiger partial charge on any atom is -0.496 e. The molecule has 0 radical (unpaired) electrons. The summed E-state index contributed by atoms with van der Waals surface area (Å²) < 4.78 is 5.25. The van der Waals surface area contributed by atoms with Crippen LogP contribution in [0.25, 0.3) is 0 Å². The first-order valence-corrected chi connectivity index (χ1v) is 6.80. The fraction of sp³-hybridized carbons (Fsp3) is 0.533. The van der Waals surface area contributed by atoms with Gasteiger partial charge in [0.15, 0.2) is 0 Å². The lowest BCUT2D eigenvalue weighted by atomic mass is 9.93. The lowest BCUT2D eigenvalue weighted by molar-refractivity contribution is -0.122. The number of ether oxygens (including phenoxy) is 1. The molecule has 104 valence electrons. The summed E-state index contributed by atoms with van der Waals surface area (Å²) in [6.45, 7) is 2.49. The Morgan fingerprint density at radius 2 is 2.26 bits per heavy atom. The summed E-state index contributed by atoms with van der Waals surface area (Å²) in [5.74, 6) is 0.783. The molecule has 4 heteroatoms. The van der Waals surface area contributed by atoms with E-state index in [9.17, 15) is 4.79 Å². The maximum Gasteiger partial charge on any atom is 0.227 e. The molecule has 1 saturated carbocycles. The normalized spacial score (nSPS) is 15.9. The summed E-state index contributed by atoms with van der Waals surface area (Å²) in [5.41, 5.74) is 7.70. The Bertz CT molecular complexity index is 455. The monoisotopic (exact) mass is 262 g/mol. The third-order valence-corrected chi connectivity index (χ3v) is 3.52. The maximum absolute atomic E-state index is 12.3. The number of nitrogens with one attached hydrogen (secondary N) is 1. The van der Waals surface area contributed by atoms with Crippen molar-refractivity contribution in [2.24, 2.45) is 5.73 Å². The molecular weight excluding hydrogens is 240 g/mol. The molecular formula is C15H22N2O2. The number of carbonyl (C=O) groups is 1. The number of amides is 1. The average molecular weight is 262 g/mol. The molecule has 0 saturated heterocycles. The van der Waals surface area contributed by atoms with E-state index < -0.39 is 0 Å². The van der Waals surface area contributed by atoms with Gasteiger partial charge in [0.2, 0.25) is 5.91 Å². The second kappa shape index (κ2) is 6.06. The largest absolute Gasteiger partial charge is 0.496 e. The number of hydrogen-bond donors (Lipinski definition) is 2. The Balaban J connectivity index is 2.16. The summed E-state index contributed by atoms with van der Waals surface area (Å²) >= 11 is 0. The molecule has 1 aliphatic carbocycles. The summed E-state index contributed by atoms with van der Waals surface area (Å²) in [4.78, 5) is 12.3. The van der Waals surface area contributed by atoms with Crippen molar-refractivity contribution in [2.75, 3.05) is 13.7 Å². The van der Waals surface area contributed by atoms with E-state index in [0.29, 0.717) is 19.0 Å². The molecule has 0 aliphatic heterocycles. The SMILES string of the molecule is COc1ccc(C(CCN)C(=O)NC2CC2)cc1C. The van der Waals surface area contributed by atoms with Gasteiger partial charge in [0.05, 0.1) is 13.0 Å². The van der Waals surface area contributed by atoms with E-state index in [1.165, 1.54) is 0 Å². The van der Waals surface area contributed by atoms with Gasteiger partial charge in [0.1, 0.15) is 5.75 Å². The first-order chi connectivity index (χ1) is 9.15. The number of hydrogen-bond acceptors (Lipinski definition) is 3. The highest BCUT2D eigenvalue weighted by molar-refractivity contribution is 5.84. The van der Waals surface area contributed by atoms with Crippen LogP contribution in [0.5, 0.6) is 5.75 Å². The molecule has 0 heterocycles. The first-order valence-electron chi connectivity index (χ1n) is 6.80. The van der Waals surface area contributed by atoms with Crippen LogP contribution < -0.4 is 15.8 Å². The van der Waals surface area contributed by atoms with Crippen molar-refractivity contribution in [1.29, 1.82) is 0 Å². The molecule has 1 aliphatic rings. The molecule has 19 heavy (non-hydrogen) atoms. The van der Waals surface area contributed by atoms with Crippen LogP contribution in [0.2, 0.25) is 0 Å². The fourth-order valence-electron chi connectivity index (χ4n) is 2.26. The lowest BCUT2D eigenvalue weighted by Crippen LogP contribution is -2.32.